The SMILES string of the molecule is CN(C)c1nc(Cl)nc(OC(C(F)(F)F)C(F)(F)F)n1. The fourth-order valence-electron chi connectivity index (χ4n) is 0.999. The first-order valence-electron chi connectivity index (χ1n) is 4.80. The number of nitrogens with zero attached hydrogens (tertiary/aromatic N) is 4. The highest BCUT2D eigenvalue weighted by molar-refractivity contribution is 6.28. The predicted octanol–water partition coefficient (Wildman–Crippen LogP) is 2.46. The molecule has 0 aliphatic carbocycles. The second-order valence-corrected chi connectivity index (χ2v) is 4.00. The lowest BCUT2D eigenvalue weighted by atomic mass is 10.3. The molecular weight excluding hydrogens is 318 g/mol. The minimum atomic E-state index is -5.67. The monoisotopic (exact) mass is 324 g/mol. The van der Waals surface area contributed by atoms with E-state index in [4.69, 9.17) is 11.6 Å². The lowest BCUT2D eigenvalue weighted by Gasteiger charge is -2.23. The third-order valence-electron chi connectivity index (χ3n) is 1.79. The van der Waals surface area contributed by atoms with E-state index in [-0.39, 0.29) is 5.95 Å². The van der Waals surface area contributed by atoms with Crippen LogP contribution in [0, 0.1) is 0 Å². The molecule has 1 aromatic rings. The Balaban J connectivity index is 3.12. The topological polar surface area (TPSA) is 51.1 Å². The molecule has 0 atom stereocenters. The fraction of sp³-hybridized carbons (Fsp3) is 0.625. The minimum absolute atomic E-state index is 0.247. The summed E-state index contributed by atoms with van der Waals surface area (Å²) in [5.74, 6) is -0.247. The summed E-state index contributed by atoms with van der Waals surface area (Å²) in [6, 6.07) is -1.17. The molecule has 0 saturated heterocycles. The average molecular weight is 325 g/mol. The summed E-state index contributed by atoms with van der Waals surface area (Å²) in [6.45, 7) is 0. The van der Waals surface area contributed by atoms with E-state index in [2.05, 4.69) is 19.7 Å². The zero-order chi connectivity index (χ0) is 15.7. The van der Waals surface area contributed by atoms with Crippen molar-refractivity contribution in [1.82, 2.24) is 15.0 Å². The molecule has 0 spiro atoms. The van der Waals surface area contributed by atoms with Crippen LogP contribution in [0.15, 0.2) is 0 Å². The van der Waals surface area contributed by atoms with Crippen molar-refractivity contribution in [3.8, 4) is 6.01 Å². The Morgan fingerprint density at radius 2 is 1.50 bits per heavy atom. The molecule has 1 aromatic heterocycles. The molecule has 0 radical (unpaired) electrons. The van der Waals surface area contributed by atoms with Crippen LogP contribution in [0.25, 0.3) is 0 Å². The van der Waals surface area contributed by atoms with Crippen LogP contribution in [0.2, 0.25) is 5.28 Å². The second-order valence-electron chi connectivity index (χ2n) is 3.66. The van der Waals surface area contributed by atoms with Gasteiger partial charge in [0.25, 0.3) is 6.10 Å². The van der Waals surface area contributed by atoms with Crippen LogP contribution in [-0.2, 0) is 0 Å². The maximum Gasteiger partial charge on any atom is 0.434 e. The Kier molecular flexibility index (Phi) is 4.52. The third-order valence-corrected chi connectivity index (χ3v) is 1.96. The van der Waals surface area contributed by atoms with Crippen molar-refractivity contribution >= 4 is 17.5 Å². The molecule has 0 unspecified atom stereocenters. The van der Waals surface area contributed by atoms with Gasteiger partial charge in [0.15, 0.2) is 0 Å². The molecule has 5 nitrogen and oxygen atoms in total. The van der Waals surface area contributed by atoms with Gasteiger partial charge in [0.05, 0.1) is 0 Å². The predicted molar refractivity (Wildman–Crippen MR) is 55.7 cm³/mol. The van der Waals surface area contributed by atoms with Crippen LogP contribution in [-0.4, -0.2) is 47.5 Å². The summed E-state index contributed by atoms with van der Waals surface area (Å²) in [4.78, 5) is 11.1. The quantitative estimate of drug-likeness (QED) is 0.800. The Bertz CT molecular complexity index is 463. The van der Waals surface area contributed by atoms with Gasteiger partial charge in [-0.25, -0.2) is 0 Å². The van der Waals surface area contributed by atoms with Gasteiger partial charge in [0.2, 0.25) is 11.2 Å². The highest BCUT2D eigenvalue weighted by Gasteiger charge is 2.59. The smallest absolute Gasteiger partial charge is 0.434 e. The fourth-order valence-corrected chi connectivity index (χ4v) is 1.15. The van der Waals surface area contributed by atoms with Crippen LogP contribution < -0.4 is 9.64 Å². The first kappa shape index (κ1) is 16.5. The third kappa shape index (κ3) is 4.25. The van der Waals surface area contributed by atoms with Gasteiger partial charge >= 0.3 is 18.4 Å². The highest BCUT2D eigenvalue weighted by Crippen LogP contribution is 2.35. The van der Waals surface area contributed by atoms with Gasteiger partial charge in [0.1, 0.15) is 0 Å². The Morgan fingerprint density at radius 1 is 1.00 bits per heavy atom. The number of hydrogen-bond donors (Lipinski definition) is 0. The molecule has 0 bridgehead atoms. The Hall–Kier alpha value is -1.52. The number of ether oxygens (including phenoxy) is 1. The summed E-state index contributed by atoms with van der Waals surface area (Å²) in [5, 5.41) is -0.596. The normalized spacial score (nSPS) is 12.7. The molecular formula is C8H7ClF6N4O. The van der Waals surface area contributed by atoms with E-state index < -0.39 is 29.8 Å². The van der Waals surface area contributed by atoms with Crippen LogP contribution >= 0.6 is 11.6 Å². The van der Waals surface area contributed by atoms with Crippen molar-refractivity contribution in [2.45, 2.75) is 18.5 Å². The first-order chi connectivity index (χ1) is 8.91. The molecule has 1 rings (SSSR count). The molecule has 0 aliphatic rings. The molecule has 0 saturated carbocycles. The van der Waals surface area contributed by atoms with E-state index in [1.54, 1.807) is 0 Å². The van der Waals surface area contributed by atoms with E-state index in [0.29, 0.717) is 0 Å². The molecule has 1 heterocycles. The van der Waals surface area contributed by atoms with Crippen LogP contribution in [0.4, 0.5) is 32.3 Å². The summed E-state index contributed by atoms with van der Waals surface area (Å²) >= 11 is 5.37. The van der Waals surface area contributed by atoms with E-state index in [9.17, 15) is 26.3 Å². The molecule has 0 amide bonds. The average Bonchev–Trinajstić information content (AvgIpc) is 2.22. The van der Waals surface area contributed by atoms with Gasteiger partial charge in [0, 0.05) is 14.1 Å². The molecule has 0 fully saturated rings. The standard InChI is InChI=1S/C8H7ClF6N4O/c1-19(2)5-16-4(9)17-6(18-5)20-3(7(10,11)12)8(13,14)15/h3H,1-2H3. The first-order valence-corrected chi connectivity index (χ1v) is 5.18. The maximum atomic E-state index is 12.3. The molecule has 114 valence electrons. The lowest BCUT2D eigenvalue weighted by Crippen LogP contribution is -2.47. The number of hydrogen-bond acceptors (Lipinski definition) is 5. The van der Waals surface area contributed by atoms with Crippen molar-refractivity contribution in [2.24, 2.45) is 0 Å². The van der Waals surface area contributed by atoms with Gasteiger partial charge < -0.3 is 9.64 Å². The van der Waals surface area contributed by atoms with E-state index >= 15 is 0 Å². The van der Waals surface area contributed by atoms with Gasteiger partial charge in [-0.1, -0.05) is 0 Å². The van der Waals surface area contributed by atoms with Crippen LogP contribution in [0.3, 0.4) is 0 Å². The number of anilines is 1. The summed E-state index contributed by atoms with van der Waals surface area (Å²) < 4.78 is 77.6. The van der Waals surface area contributed by atoms with Gasteiger partial charge in [-0.05, 0) is 11.6 Å². The summed E-state index contributed by atoms with van der Waals surface area (Å²) in [6.07, 6.45) is -15.4. The summed E-state index contributed by atoms with van der Waals surface area (Å²) in [5.41, 5.74) is 0. The largest absolute Gasteiger partial charge is 0.440 e. The number of alkyl halides is 6. The molecule has 20 heavy (non-hydrogen) atoms. The van der Waals surface area contributed by atoms with Crippen molar-refractivity contribution in [1.29, 1.82) is 0 Å². The maximum absolute atomic E-state index is 12.3. The number of rotatable bonds is 3. The number of aromatic nitrogens is 3. The Morgan fingerprint density at radius 3 is 1.90 bits per heavy atom. The van der Waals surface area contributed by atoms with E-state index in [1.807, 2.05) is 0 Å². The van der Waals surface area contributed by atoms with E-state index in [0.717, 1.165) is 0 Å². The van der Waals surface area contributed by atoms with Crippen molar-refractivity contribution in [2.75, 3.05) is 19.0 Å². The van der Waals surface area contributed by atoms with Gasteiger partial charge in [-0.15, -0.1) is 0 Å². The van der Waals surface area contributed by atoms with Crippen molar-refractivity contribution in [3.63, 3.8) is 0 Å². The van der Waals surface area contributed by atoms with Gasteiger partial charge in [-0.3, -0.25) is 0 Å². The lowest BCUT2D eigenvalue weighted by molar-refractivity contribution is -0.301. The van der Waals surface area contributed by atoms with E-state index in [1.165, 1.54) is 19.0 Å². The minimum Gasteiger partial charge on any atom is -0.440 e. The van der Waals surface area contributed by atoms with Gasteiger partial charge in [-0.2, -0.15) is 41.3 Å². The Labute approximate surface area is 113 Å². The molecule has 0 aromatic carbocycles. The second kappa shape index (κ2) is 5.46. The zero-order valence-electron chi connectivity index (χ0n) is 9.92. The molecule has 0 aliphatic heterocycles. The van der Waals surface area contributed by atoms with Crippen LogP contribution in [0.1, 0.15) is 0 Å². The van der Waals surface area contributed by atoms with Crippen LogP contribution in [0.5, 0.6) is 6.01 Å². The van der Waals surface area contributed by atoms with Crippen molar-refractivity contribution in [3.05, 3.63) is 5.28 Å². The number of halogens is 7. The van der Waals surface area contributed by atoms with Crippen molar-refractivity contribution < 1.29 is 31.1 Å². The summed E-state index contributed by atoms with van der Waals surface area (Å²) in [7, 11) is 2.81. The zero-order valence-corrected chi connectivity index (χ0v) is 10.7. The molecule has 12 heteroatoms. The molecule has 0 N–H and O–H groups in total. The highest BCUT2D eigenvalue weighted by atomic mass is 35.5.